The van der Waals surface area contributed by atoms with Crippen molar-refractivity contribution in [1.82, 2.24) is 14.9 Å². The van der Waals surface area contributed by atoms with Crippen LogP contribution in [0.1, 0.15) is 51.2 Å². The smallest absolute Gasteiger partial charge is 0.266 e. The number of carbonyl (C=O) groups excluding carboxylic acids is 1. The normalized spacial score (nSPS) is 16.7. The molecule has 2 aromatic heterocycles. The lowest BCUT2D eigenvalue weighted by molar-refractivity contribution is 0.0736. The third-order valence-electron chi connectivity index (χ3n) is 4.90. The van der Waals surface area contributed by atoms with Crippen molar-refractivity contribution in [1.29, 1.82) is 0 Å². The Kier molecular flexibility index (Phi) is 4.99. The van der Waals surface area contributed by atoms with Gasteiger partial charge in [-0.2, -0.15) is 0 Å². The van der Waals surface area contributed by atoms with Gasteiger partial charge in [0, 0.05) is 18.7 Å². The van der Waals surface area contributed by atoms with Crippen LogP contribution in [0.15, 0.2) is 48.0 Å². The third-order valence-corrected chi connectivity index (χ3v) is 5.81. The number of pyridine rings is 1. The Morgan fingerprint density at radius 2 is 2.15 bits per heavy atom. The quantitative estimate of drug-likeness (QED) is 0.666. The lowest BCUT2D eigenvalue weighted by Gasteiger charge is -2.24. The number of halogens is 1. The fourth-order valence-corrected chi connectivity index (χ4v) is 4.35. The summed E-state index contributed by atoms with van der Waals surface area (Å²) < 4.78 is 13.4. The van der Waals surface area contributed by atoms with E-state index in [9.17, 15) is 9.18 Å². The Labute approximate surface area is 161 Å². The molecule has 1 saturated heterocycles. The molecule has 6 heteroatoms. The summed E-state index contributed by atoms with van der Waals surface area (Å²) in [6.07, 6.45) is 2.43. The minimum absolute atomic E-state index is 0.0218. The van der Waals surface area contributed by atoms with Crippen LogP contribution in [0.2, 0.25) is 0 Å². The summed E-state index contributed by atoms with van der Waals surface area (Å²) in [6, 6.07) is 12.5. The van der Waals surface area contributed by atoms with E-state index in [-0.39, 0.29) is 17.8 Å². The van der Waals surface area contributed by atoms with Crippen molar-refractivity contribution in [3.05, 3.63) is 81.3 Å². The van der Waals surface area contributed by atoms with Crippen molar-refractivity contribution in [2.75, 3.05) is 6.54 Å². The van der Waals surface area contributed by atoms with E-state index in [1.165, 1.54) is 23.5 Å². The average Bonchev–Trinajstić information content (AvgIpc) is 3.30. The zero-order valence-corrected chi connectivity index (χ0v) is 15.9. The first-order chi connectivity index (χ1) is 13.1. The number of likely N-dealkylation sites (tertiary alicyclic amines) is 1. The first kappa shape index (κ1) is 17.8. The molecule has 1 aromatic carbocycles. The van der Waals surface area contributed by atoms with Crippen LogP contribution in [0.3, 0.4) is 0 Å². The number of amides is 1. The number of carbonyl (C=O) groups is 1. The highest BCUT2D eigenvalue weighted by Crippen LogP contribution is 2.33. The second-order valence-corrected chi connectivity index (χ2v) is 7.64. The van der Waals surface area contributed by atoms with E-state index >= 15 is 0 Å². The fraction of sp³-hybridized carbons (Fsp3) is 0.286. The van der Waals surface area contributed by atoms with Gasteiger partial charge in [0.1, 0.15) is 10.7 Å². The van der Waals surface area contributed by atoms with Gasteiger partial charge in [-0.3, -0.25) is 9.78 Å². The van der Waals surface area contributed by atoms with E-state index in [0.29, 0.717) is 11.3 Å². The summed E-state index contributed by atoms with van der Waals surface area (Å²) in [5.41, 5.74) is 5.16. The van der Waals surface area contributed by atoms with Gasteiger partial charge < -0.3 is 4.90 Å². The fourth-order valence-electron chi connectivity index (χ4n) is 3.59. The van der Waals surface area contributed by atoms with Crippen molar-refractivity contribution in [2.24, 2.45) is 0 Å². The van der Waals surface area contributed by atoms with E-state index in [1.54, 1.807) is 11.6 Å². The summed E-state index contributed by atoms with van der Waals surface area (Å²) in [4.78, 5) is 24.6. The van der Waals surface area contributed by atoms with Crippen LogP contribution >= 0.6 is 11.3 Å². The molecule has 1 aliphatic rings. The number of aryl methyl sites for hydroxylation is 1. The Morgan fingerprint density at radius 3 is 2.93 bits per heavy atom. The van der Waals surface area contributed by atoms with Gasteiger partial charge in [0.05, 0.1) is 22.9 Å². The van der Waals surface area contributed by atoms with Crippen LogP contribution in [0.4, 0.5) is 4.39 Å². The average molecular weight is 381 g/mol. The molecule has 0 saturated carbocycles. The number of aromatic nitrogens is 2. The molecule has 0 spiro atoms. The molecule has 0 aliphatic carbocycles. The van der Waals surface area contributed by atoms with Crippen molar-refractivity contribution >= 4 is 17.2 Å². The summed E-state index contributed by atoms with van der Waals surface area (Å²) in [5, 5.41) is 0. The van der Waals surface area contributed by atoms with Crippen LogP contribution in [-0.4, -0.2) is 27.3 Å². The van der Waals surface area contributed by atoms with Gasteiger partial charge in [-0.25, -0.2) is 9.37 Å². The highest BCUT2D eigenvalue weighted by atomic mass is 32.1. The maximum atomic E-state index is 13.4. The first-order valence-electron chi connectivity index (χ1n) is 9.03. The van der Waals surface area contributed by atoms with Gasteiger partial charge in [-0.05, 0) is 49.6 Å². The molecule has 0 unspecified atom stereocenters. The maximum absolute atomic E-state index is 13.4. The van der Waals surface area contributed by atoms with Gasteiger partial charge in [-0.1, -0.05) is 18.2 Å². The summed E-state index contributed by atoms with van der Waals surface area (Å²) >= 11 is 1.39. The van der Waals surface area contributed by atoms with E-state index in [1.807, 2.05) is 36.1 Å². The van der Waals surface area contributed by atoms with E-state index < -0.39 is 0 Å². The Hall–Kier alpha value is -2.60. The number of thiazole rings is 1. The van der Waals surface area contributed by atoms with Crippen LogP contribution in [-0.2, 0) is 6.42 Å². The molecule has 4 rings (SSSR count). The van der Waals surface area contributed by atoms with Crippen molar-refractivity contribution in [3.63, 3.8) is 0 Å². The number of benzene rings is 1. The topological polar surface area (TPSA) is 46.1 Å². The summed E-state index contributed by atoms with van der Waals surface area (Å²) in [7, 11) is 0. The van der Waals surface area contributed by atoms with Crippen molar-refractivity contribution in [3.8, 4) is 0 Å². The molecule has 27 heavy (non-hydrogen) atoms. The van der Waals surface area contributed by atoms with Gasteiger partial charge in [-0.15, -0.1) is 11.3 Å². The molecule has 0 bridgehead atoms. The number of nitrogens with zero attached hydrogens (tertiary/aromatic N) is 3. The SMILES string of the molecule is Cc1ncsc1C(=O)N1CCC[C@H]1c1cccc(Cc2cccc(F)c2)n1. The predicted molar refractivity (Wildman–Crippen MR) is 103 cm³/mol. The molecular weight excluding hydrogens is 361 g/mol. The summed E-state index contributed by atoms with van der Waals surface area (Å²) in [5.74, 6) is -0.203. The van der Waals surface area contributed by atoms with E-state index in [4.69, 9.17) is 4.98 Å². The van der Waals surface area contributed by atoms with Crippen LogP contribution < -0.4 is 0 Å². The minimum atomic E-state index is -0.240. The molecule has 0 radical (unpaired) electrons. The van der Waals surface area contributed by atoms with Gasteiger partial charge in [0.15, 0.2) is 0 Å². The first-order valence-corrected chi connectivity index (χ1v) is 9.91. The molecule has 1 fully saturated rings. The van der Waals surface area contributed by atoms with Crippen molar-refractivity contribution < 1.29 is 9.18 Å². The summed E-state index contributed by atoms with van der Waals surface area (Å²) in [6.45, 7) is 2.60. The molecule has 138 valence electrons. The monoisotopic (exact) mass is 381 g/mol. The Bertz CT molecular complexity index is 971. The molecule has 3 aromatic rings. The van der Waals surface area contributed by atoms with Crippen molar-refractivity contribution in [2.45, 2.75) is 32.2 Å². The molecular formula is C21H20FN3OS. The Balaban J connectivity index is 1.57. The largest absolute Gasteiger partial charge is 0.329 e. The molecule has 1 aliphatic heterocycles. The third kappa shape index (κ3) is 3.76. The van der Waals surface area contributed by atoms with E-state index in [2.05, 4.69) is 4.98 Å². The van der Waals surface area contributed by atoms with E-state index in [0.717, 1.165) is 42.0 Å². The molecule has 4 nitrogen and oxygen atoms in total. The van der Waals surface area contributed by atoms with Crippen LogP contribution in [0, 0.1) is 12.7 Å². The Morgan fingerprint density at radius 1 is 1.30 bits per heavy atom. The lowest BCUT2D eigenvalue weighted by Crippen LogP contribution is -2.31. The zero-order valence-electron chi connectivity index (χ0n) is 15.1. The maximum Gasteiger partial charge on any atom is 0.266 e. The highest BCUT2D eigenvalue weighted by Gasteiger charge is 2.32. The molecule has 1 amide bonds. The van der Waals surface area contributed by atoms with Gasteiger partial charge >= 0.3 is 0 Å². The second-order valence-electron chi connectivity index (χ2n) is 6.78. The number of rotatable bonds is 4. The zero-order chi connectivity index (χ0) is 18.8. The van der Waals surface area contributed by atoms with Gasteiger partial charge in [0.2, 0.25) is 0 Å². The molecule has 0 N–H and O–H groups in total. The molecule has 3 heterocycles. The second kappa shape index (κ2) is 7.56. The lowest BCUT2D eigenvalue weighted by atomic mass is 10.1. The number of hydrogen-bond donors (Lipinski definition) is 0. The van der Waals surface area contributed by atoms with Gasteiger partial charge in [0.25, 0.3) is 5.91 Å². The highest BCUT2D eigenvalue weighted by molar-refractivity contribution is 7.11. The minimum Gasteiger partial charge on any atom is -0.329 e. The molecule has 1 atom stereocenters. The van der Waals surface area contributed by atoms with Crippen LogP contribution in [0.5, 0.6) is 0 Å². The standard InChI is InChI=1S/C21H20FN3OS/c1-14-20(27-13-23-14)21(26)25-10-4-9-19(25)18-8-3-7-17(24-18)12-15-5-2-6-16(22)11-15/h2-3,5-8,11,13,19H,4,9-10,12H2,1H3/t19-/m0/s1. The van der Waals surface area contributed by atoms with Crippen LogP contribution in [0.25, 0.3) is 0 Å². The predicted octanol–water partition coefficient (Wildman–Crippen LogP) is 4.55. The number of hydrogen-bond acceptors (Lipinski definition) is 4.